The molecule has 0 aliphatic rings. The molecule has 0 saturated heterocycles. The van der Waals surface area contributed by atoms with Gasteiger partial charge in [-0.15, -0.1) is 0 Å². The highest BCUT2D eigenvalue weighted by atomic mass is 35.5. The molecule has 4 rings (SSSR count). The summed E-state index contributed by atoms with van der Waals surface area (Å²) in [5.74, 6) is -0.300. The Morgan fingerprint density at radius 3 is 2.30 bits per heavy atom. The molecule has 0 aliphatic heterocycles. The molecule has 0 spiro atoms. The Kier molecular flexibility index (Phi) is 6.65. The minimum atomic E-state index is -3.99. The Morgan fingerprint density at radius 2 is 1.58 bits per heavy atom. The molecule has 0 radical (unpaired) electrons. The lowest BCUT2D eigenvalue weighted by atomic mass is 10.1. The highest BCUT2D eigenvalue weighted by Crippen LogP contribution is 2.24. The average Bonchev–Trinajstić information content (AvgIpc) is 2.81. The Morgan fingerprint density at radius 1 is 0.848 bits per heavy atom. The zero-order valence-corrected chi connectivity index (χ0v) is 19.2. The summed E-state index contributed by atoms with van der Waals surface area (Å²) in [5.41, 5.74) is 3.32. The molecule has 33 heavy (non-hydrogen) atoms. The second-order valence-corrected chi connectivity index (χ2v) is 9.30. The molecule has 0 aliphatic carbocycles. The Bertz CT molecular complexity index is 1470. The van der Waals surface area contributed by atoms with Crippen molar-refractivity contribution in [1.82, 2.24) is 5.43 Å². The predicted molar refractivity (Wildman–Crippen MR) is 130 cm³/mol. The monoisotopic (exact) mass is 498 g/mol. The van der Waals surface area contributed by atoms with Crippen LogP contribution in [0.1, 0.15) is 15.9 Å². The van der Waals surface area contributed by atoms with Gasteiger partial charge >= 0.3 is 10.1 Å². The van der Waals surface area contributed by atoms with E-state index < -0.39 is 16.0 Å². The second-order valence-electron chi connectivity index (χ2n) is 6.94. The summed E-state index contributed by atoms with van der Waals surface area (Å²) in [7, 11) is -3.99. The van der Waals surface area contributed by atoms with E-state index >= 15 is 0 Å². The highest BCUT2D eigenvalue weighted by Gasteiger charge is 2.17. The van der Waals surface area contributed by atoms with Crippen molar-refractivity contribution in [2.24, 2.45) is 5.10 Å². The smallest absolute Gasteiger partial charge is 0.339 e. The number of nitrogens with one attached hydrogen (secondary N) is 1. The van der Waals surface area contributed by atoms with Gasteiger partial charge in [-0.25, -0.2) is 5.43 Å². The van der Waals surface area contributed by atoms with Crippen molar-refractivity contribution in [1.29, 1.82) is 0 Å². The van der Waals surface area contributed by atoms with E-state index in [1.807, 2.05) is 24.3 Å². The van der Waals surface area contributed by atoms with Gasteiger partial charge in [0.15, 0.2) is 0 Å². The third-order valence-electron chi connectivity index (χ3n) is 4.66. The summed E-state index contributed by atoms with van der Waals surface area (Å²) >= 11 is 11.7. The molecule has 4 aromatic rings. The Hall–Kier alpha value is -3.39. The van der Waals surface area contributed by atoms with Crippen molar-refractivity contribution < 1.29 is 17.4 Å². The van der Waals surface area contributed by atoms with Gasteiger partial charge in [-0.2, -0.15) is 13.5 Å². The maximum absolute atomic E-state index is 12.6. The van der Waals surface area contributed by atoms with Crippen LogP contribution in [0.25, 0.3) is 10.8 Å². The lowest BCUT2D eigenvalue weighted by molar-refractivity contribution is 0.0955. The SMILES string of the molecule is O=C(N/N=C\c1ccc(OS(=O)(=O)c2ccc3ccccc3c2)cc1)c1ccc(Cl)c(Cl)c1. The summed E-state index contributed by atoms with van der Waals surface area (Å²) in [5, 5.41) is 6.24. The number of carbonyl (C=O) groups excluding carboxylic acids is 1. The van der Waals surface area contributed by atoms with E-state index in [0.29, 0.717) is 16.1 Å². The summed E-state index contributed by atoms with van der Waals surface area (Å²) in [6.45, 7) is 0. The lowest BCUT2D eigenvalue weighted by Gasteiger charge is -2.08. The van der Waals surface area contributed by atoms with Crippen LogP contribution in [-0.2, 0) is 10.1 Å². The van der Waals surface area contributed by atoms with Crippen LogP contribution >= 0.6 is 23.2 Å². The van der Waals surface area contributed by atoms with E-state index in [9.17, 15) is 13.2 Å². The van der Waals surface area contributed by atoms with Gasteiger partial charge in [0.2, 0.25) is 0 Å². The molecular formula is C24H16Cl2N2O4S. The molecule has 166 valence electrons. The third kappa shape index (κ3) is 5.51. The quantitative estimate of drug-likeness (QED) is 0.210. The first kappa shape index (κ1) is 22.8. The molecule has 0 saturated carbocycles. The molecule has 0 fully saturated rings. The van der Waals surface area contributed by atoms with E-state index in [2.05, 4.69) is 10.5 Å². The van der Waals surface area contributed by atoms with Crippen LogP contribution in [0.5, 0.6) is 5.75 Å². The zero-order chi connectivity index (χ0) is 23.4. The van der Waals surface area contributed by atoms with Crippen LogP contribution in [0.4, 0.5) is 0 Å². The molecule has 1 N–H and O–H groups in total. The van der Waals surface area contributed by atoms with Gasteiger partial charge in [-0.1, -0.05) is 53.5 Å². The first-order valence-electron chi connectivity index (χ1n) is 9.64. The lowest BCUT2D eigenvalue weighted by Crippen LogP contribution is -2.17. The Balaban J connectivity index is 1.41. The molecule has 0 bridgehead atoms. The predicted octanol–water partition coefficient (Wildman–Crippen LogP) is 5.68. The fourth-order valence-electron chi connectivity index (χ4n) is 2.97. The van der Waals surface area contributed by atoms with Crippen LogP contribution in [0, 0.1) is 0 Å². The fourth-order valence-corrected chi connectivity index (χ4v) is 4.24. The van der Waals surface area contributed by atoms with Gasteiger partial charge in [-0.05, 0) is 70.9 Å². The molecule has 9 heteroatoms. The van der Waals surface area contributed by atoms with E-state index in [4.69, 9.17) is 27.4 Å². The number of hydrogen-bond acceptors (Lipinski definition) is 5. The molecule has 0 aromatic heterocycles. The highest BCUT2D eigenvalue weighted by molar-refractivity contribution is 7.87. The number of carbonyl (C=O) groups is 1. The van der Waals surface area contributed by atoms with Crippen LogP contribution in [0.2, 0.25) is 10.0 Å². The molecule has 0 heterocycles. The van der Waals surface area contributed by atoms with E-state index in [-0.39, 0.29) is 15.7 Å². The molecule has 0 atom stereocenters. The van der Waals surface area contributed by atoms with Gasteiger partial charge in [0, 0.05) is 5.56 Å². The number of rotatable bonds is 6. The number of nitrogens with zero attached hydrogens (tertiary/aromatic N) is 1. The number of halogens is 2. The fraction of sp³-hybridized carbons (Fsp3) is 0. The standard InChI is InChI=1S/C24H16Cl2N2O4S/c25-22-12-8-19(14-23(22)26)24(29)28-27-15-16-5-9-20(10-6-16)32-33(30,31)21-11-7-17-3-1-2-4-18(17)13-21/h1-15H,(H,28,29)/b27-15-. The molecular weight excluding hydrogens is 483 g/mol. The van der Waals surface area contributed by atoms with Crippen molar-refractivity contribution in [2.75, 3.05) is 0 Å². The zero-order valence-electron chi connectivity index (χ0n) is 16.9. The van der Waals surface area contributed by atoms with E-state index in [1.165, 1.54) is 42.6 Å². The summed E-state index contributed by atoms with van der Waals surface area (Å²) in [4.78, 5) is 12.2. The van der Waals surface area contributed by atoms with Crippen LogP contribution in [0.15, 0.2) is 94.9 Å². The normalized spacial score (nSPS) is 11.6. The summed E-state index contributed by atoms with van der Waals surface area (Å²) in [6, 6.07) is 23.0. The van der Waals surface area contributed by atoms with Crippen molar-refractivity contribution >= 4 is 56.2 Å². The van der Waals surface area contributed by atoms with Gasteiger partial charge in [0.25, 0.3) is 5.91 Å². The van der Waals surface area contributed by atoms with Crippen molar-refractivity contribution in [3.05, 3.63) is 106 Å². The minimum Gasteiger partial charge on any atom is -0.379 e. The largest absolute Gasteiger partial charge is 0.379 e. The summed E-state index contributed by atoms with van der Waals surface area (Å²) in [6.07, 6.45) is 1.41. The molecule has 4 aromatic carbocycles. The second kappa shape index (κ2) is 9.62. The minimum absolute atomic E-state index is 0.0665. The van der Waals surface area contributed by atoms with Crippen molar-refractivity contribution in [3.8, 4) is 5.75 Å². The Labute approximate surface area is 200 Å². The van der Waals surface area contributed by atoms with Crippen molar-refractivity contribution in [3.63, 3.8) is 0 Å². The third-order valence-corrected chi connectivity index (χ3v) is 6.64. The number of fused-ring (bicyclic) bond motifs is 1. The maximum atomic E-state index is 12.6. The summed E-state index contributed by atoms with van der Waals surface area (Å²) < 4.78 is 30.5. The molecule has 0 unspecified atom stereocenters. The first-order chi connectivity index (χ1) is 15.8. The number of hydrogen-bond donors (Lipinski definition) is 1. The molecule has 1 amide bonds. The van der Waals surface area contributed by atoms with E-state index in [0.717, 1.165) is 10.8 Å². The maximum Gasteiger partial charge on any atom is 0.339 e. The topological polar surface area (TPSA) is 84.8 Å². The van der Waals surface area contributed by atoms with Gasteiger partial charge in [0.1, 0.15) is 10.6 Å². The van der Waals surface area contributed by atoms with Gasteiger partial charge < -0.3 is 4.18 Å². The van der Waals surface area contributed by atoms with Gasteiger partial charge in [-0.3, -0.25) is 4.79 Å². The number of hydrazone groups is 1. The van der Waals surface area contributed by atoms with Crippen LogP contribution < -0.4 is 9.61 Å². The van der Waals surface area contributed by atoms with Crippen LogP contribution in [0.3, 0.4) is 0 Å². The van der Waals surface area contributed by atoms with Crippen LogP contribution in [-0.4, -0.2) is 20.5 Å². The van der Waals surface area contributed by atoms with Gasteiger partial charge in [0.05, 0.1) is 16.3 Å². The van der Waals surface area contributed by atoms with Crippen molar-refractivity contribution in [2.45, 2.75) is 4.90 Å². The average molecular weight is 499 g/mol. The number of amides is 1. The molecule has 6 nitrogen and oxygen atoms in total. The first-order valence-corrected chi connectivity index (χ1v) is 11.8. The number of benzene rings is 4. The van der Waals surface area contributed by atoms with E-state index in [1.54, 1.807) is 24.3 Å².